The lowest BCUT2D eigenvalue weighted by atomic mass is 10.1. The summed E-state index contributed by atoms with van der Waals surface area (Å²) in [7, 11) is 3.65. The van der Waals surface area contributed by atoms with Crippen molar-refractivity contribution in [2.24, 2.45) is 5.92 Å². The summed E-state index contributed by atoms with van der Waals surface area (Å²) in [5.41, 5.74) is 1.11. The van der Waals surface area contributed by atoms with Crippen LogP contribution in [0.2, 0.25) is 0 Å². The molecule has 1 aromatic carbocycles. The van der Waals surface area contributed by atoms with Crippen molar-refractivity contribution in [1.29, 1.82) is 0 Å². The predicted molar refractivity (Wildman–Crippen MR) is 68.7 cm³/mol. The lowest BCUT2D eigenvalue weighted by Gasteiger charge is -2.19. The maximum Gasteiger partial charge on any atom is 0.127 e. The van der Waals surface area contributed by atoms with Gasteiger partial charge >= 0.3 is 0 Å². The molecule has 0 amide bonds. The summed E-state index contributed by atoms with van der Waals surface area (Å²) in [6, 6.07) is 6.20. The molecule has 1 aromatic rings. The Morgan fingerprint density at radius 1 is 1.35 bits per heavy atom. The molecule has 1 aliphatic carbocycles. The molecular formula is C14H21NO2. The van der Waals surface area contributed by atoms with Crippen LogP contribution in [0.5, 0.6) is 11.5 Å². The molecule has 17 heavy (non-hydrogen) atoms. The molecule has 1 unspecified atom stereocenters. The van der Waals surface area contributed by atoms with Gasteiger partial charge in [-0.3, -0.25) is 0 Å². The Balaban J connectivity index is 2.20. The highest BCUT2D eigenvalue weighted by Crippen LogP contribution is 2.36. The van der Waals surface area contributed by atoms with Crippen molar-refractivity contribution in [3.63, 3.8) is 0 Å². The lowest BCUT2D eigenvalue weighted by molar-refractivity contribution is 0.290. The Morgan fingerprint density at radius 3 is 2.65 bits per heavy atom. The quantitative estimate of drug-likeness (QED) is 0.822. The number of hydrogen-bond acceptors (Lipinski definition) is 3. The summed E-state index contributed by atoms with van der Waals surface area (Å²) < 4.78 is 11.3. The first kappa shape index (κ1) is 12.2. The van der Waals surface area contributed by atoms with Gasteiger partial charge in [-0.1, -0.05) is 6.07 Å². The second-order valence-electron chi connectivity index (χ2n) is 4.64. The molecule has 3 heteroatoms. The molecule has 0 aromatic heterocycles. The second kappa shape index (κ2) is 5.41. The first-order valence-electron chi connectivity index (χ1n) is 6.23. The maximum absolute atomic E-state index is 5.91. The van der Waals surface area contributed by atoms with Gasteiger partial charge in [0.05, 0.1) is 19.3 Å². The first-order valence-corrected chi connectivity index (χ1v) is 6.23. The SMILES string of the molecule is CNC(C)c1c(OC)cccc1OCC1CC1. The van der Waals surface area contributed by atoms with Crippen LogP contribution < -0.4 is 14.8 Å². The van der Waals surface area contributed by atoms with Gasteiger partial charge in [-0.05, 0) is 44.9 Å². The zero-order valence-corrected chi connectivity index (χ0v) is 10.8. The van der Waals surface area contributed by atoms with Gasteiger partial charge < -0.3 is 14.8 Å². The van der Waals surface area contributed by atoms with E-state index in [1.807, 2.05) is 25.2 Å². The van der Waals surface area contributed by atoms with Gasteiger partial charge in [0, 0.05) is 6.04 Å². The minimum atomic E-state index is 0.223. The van der Waals surface area contributed by atoms with Crippen molar-refractivity contribution >= 4 is 0 Å². The average Bonchev–Trinajstić information content (AvgIpc) is 3.18. The van der Waals surface area contributed by atoms with E-state index in [0.29, 0.717) is 0 Å². The van der Waals surface area contributed by atoms with Crippen LogP contribution in [0.15, 0.2) is 18.2 Å². The fourth-order valence-corrected chi connectivity index (χ4v) is 1.89. The molecule has 0 bridgehead atoms. The summed E-state index contributed by atoms with van der Waals surface area (Å²) >= 11 is 0. The van der Waals surface area contributed by atoms with Crippen molar-refractivity contribution in [1.82, 2.24) is 5.32 Å². The monoisotopic (exact) mass is 235 g/mol. The smallest absolute Gasteiger partial charge is 0.127 e. The largest absolute Gasteiger partial charge is 0.496 e. The number of hydrogen-bond donors (Lipinski definition) is 1. The molecule has 1 fully saturated rings. The van der Waals surface area contributed by atoms with Crippen LogP contribution in [0.25, 0.3) is 0 Å². The average molecular weight is 235 g/mol. The summed E-state index contributed by atoms with van der Waals surface area (Å²) in [5.74, 6) is 2.59. The summed E-state index contributed by atoms with van der Waals surface area (Å²) in [6.07, 6.45) is 2.61. The molecule has 0 saturated heterocycles. The summed E-state index contributed by atoms with van der Waals surface area (Å²) in [5, 5.41) is 3.24. The van der Waals surface area contributed by atoms with E-state index in [0.717, 1.165) is 29.6 Å². The van der Waals surface area contributed by atoms with E-state index < -0.39 is 0 Å². The van der Waals surface area contributed by atoms with Crippen LogP contribution in [0.3, 0.4) is 0 Å². The number of rotatable bonds is 6. The molecule has 0 radical (unpaired) electrons. The van der Waals surface area contributed by atoms with Crippen LogP contribution >= 0.6 is 0 Å². The molecule has 1 atom stereocenters. The zero-order valence-electron chi connectivity index (χ0n) is 10.8. The second-order valence-corrected chi connectivity index (χ2v) is 4.64. The highest BCUT2D eigenvalue weighted by Gasteiger charge is 2.23. The molecule has 1 saturated carbocycles. The fraction of sp³-hybridized carbons (Fsp3) is 0.571. The predicted octanol–water partition coefficient (Wildman–Crippen LogP) is 2.76. The lowest BCUT2D eigenvalue weighted by Crippen LogP contribution is -2.15. The maximum atomic E-state index is 5.91. The minimum absolute atomic E-state index is 0.223. The van der Waals surface area contributed by atoms with E-state index in [9.17, 15) is 0 Å². The fourth-order valence-electron chi connectivity index (χ4n) is 1.89. The molecule has 0 spiro atoms. The van der Waals surface area contributed by atoms with Gasteiger partial charge in [0.25, 0.3) is 0 Å². The third-order valence-corrected chi connectivity index (χ3v) is 3.28. The minimum Gasteiger partial charge on any atom is -0.496 e. The standard InChI is InChI=1S/C14H21NO2/c1-10(15-2)14-12(16-3)5-4-6-13(14)17-9-11-7-8-11/h4-6,10-11,15H,7-9H2,1-3H3. The highest BCUT2D eigenvalue weighted by atomic mass is 16.5. The van der Waals surface area contributed by atoms with Crippen molar-refractivity contribution < 1.29 is 9.47 Å². The Labute approximate surface area is 103 Å². The zero-order chi connectivity index (χ0) is 12.3. The van der Waals surface area contributed by atoms with Crippen molar-refractivity contribution in [3.8, 4) is 11.5 Å². The Bertz CT molecular complexity index is 374. The Morgan fingerprint density at radius 2 is 2.06 bits per heavy atom. The van der Waals surface area contributed by atoms with Gasteiger partial charge in [-0.15, -0.1) is 0 Å². The summed E-state index contributed by atoms with van der Waals surface area (Å²) in [6.45, 7) is 2.94. The number of methoxy groups -OCH3 is 1. The van der Waals surface area contributed by atoms with E-state index >= 15 is 0 Å². The van der Waals surface area contributed by atoms with Gasteiger partial charge in [0.15, 0.2) is 0 Å². The van der Waals surface area contributed by atoms with E-state index in [1.54, 1.807) is 7.11 Å². The van der Waals surface area contributed by atoms with Gasteiger partial charge in [0.2, 0.25) is 0 Å². The normalized spacial score (nSPS) is 16.6. The van der Waals surface area contributed by atoms with Crippen LogP contribution in [0.1, 0.15) is 31.4 Å². The van der Waals surface area contributed by atoms with Crippen molar-refractivity contribution in [3.05, 3.63) is 23.8 Å². The van der Waals surface area contributed by atoms with Crippen molar-refractivity contribution in [2.45, 2.75) is 25.8 Å². The first-order chi connectivity index (χ1) is 8.26. The van der Waals surface area contributed by atoms with E-state index in [1.165, 1.54) is 12.8 Å². The Hall–Kier alpha value is -1.22. The molecule has 1 N–H and O–H groups in total. The van der Waals surface area contributed by atoms with Gasteiger partial charge in [-0.2, -0.15) is 0 Å². The van der Waals surface area contributed by atoms with Crippen molar-refractivity contribution in [2.75, 3.05) is 20.8 Å². The van der Waals surface area contributed by atoms with Crippen LogP contribution in [0.4, 0.5) is 0 Å². The van der Waals surface area contributed by atoms with Crippen LogP contribution in [-0.2, 0) is 0 Å². The third-order valence-electron chi connectivity index (χ3n) is 3.28. The number of nitrogens with one attached hydrogen (secondary N) is 1. The molecule has 3 nitrogen and oxygen atoms in total. The molecule has 94 valence electrons. The molecular weight excluding hydrogens is 214 g/mol. The number of benzene rings is 1. The molecule has 0 aliphatic heterocycles. The third kappa shape index (κ3) is 2.91. The van der Waals surface area contributed by atoms with E-state index in [4.69, 9.17) is 9.47 Å². The topological polar surface area (TPSA) is 30.5 Å². The Kier molecular flexibility index (Phi) is 3.89. The van der Waals surface area contributed by atoms with Crippen LogP contribution in [0, 0.1) is 5.92 Å². The summed E-state index contributed by atoms with van der Waals surface area (Å²) in [4.78, 5) is 0. The van der Waals surface area contributed by atoms with Gasteiger partial charge in [-0.25, -0.2) is 0 Å². The van der Waals surface area contributed by atoms with E-state index in [-0.39, 0.29) is 6.04 Å². The number of ether oxygens (including phenoxy) is 2. The molecule has 1 aliphatic rings. The highest BCUT2D eigenvalue weighted by molar-refractivity contribution is 5.46. The molecule has 2 rings (SSSR count). The van der Waals surface area contributed by atoms with Gasteiger partial charge in [0.1, 0.15) is 11.5 Å². The molecule has 0 heterocycles. The van der Waals surface area contributed by atoms with E-state index in [2.05, 4.69) is 12.2 Å². The van der Waals surface area contributed by atoms with Crippen LogP contribution in [-0.4, -0.2) is 20.8 Å².